The van der Waals surface area contributed by atoms with Gasteiger partial charge in [0.25, 0.3) is 0 Å². The number of nitrogens with one attached hydrogen (secondary N) is 2. The molecule has 0 spiro atoms. The van der Waals surface area contributed by atoms with E-state index >= 15 is 0 Å². The van der Waals surface area contributed by atoms with Gasteiger partial charge in [-0.25, -0.2) is 4.39 Å². The number of alkyl halides is 3. The molecule has 0 heterocycles. The van der Waals surface area contributed by atoms with E-state index in [2.05, 4.69) is 15.6 Å². The molecule has 158 valence electrons. The molecule has 0 saturated carbocycles. The molecule has 0 atom stereocenters. The summed E-state index contributed by atoms with van der Waals surface area (Å²) in [5.41, 5.74) is 2.23. The summed E-state index contributed by atoms with van der Waals surface area (Å²) in [4.78, 5) is 4.11. The summed E-state index contributed by atoms with van der Waals surface area (Å²) in [6.45, 7) is 1.12. The first-order valence-electron chi connectivity index (χ1n) is 8.78. The zero-order valence-corrected chi connectivity index (χ0v) is 16.4. The van der Waals surface area contributed by atoms with Crippen LogP contribution in [0, 0.1) is 12.7 Å². The Hall–Kier alpha value is -2.97. The second-order valence-electron chi connectivity index (χ2n) is 6.25. The third kappa shape index (κ3) is 7.17. The Kier molecular flexibility index (Phi) is 7.69. The predicted molar refractivity (Wildman–Crippen MR) is 103 cm³/mol. The van der Waals surface area contributed by atoms with E-state index in [4.69, 9.17) is 9.47 Å². The molecule has 2 aromatic carbocycles. The van der Waals surface area contributed by atoms with Crippen LogP contribution in [0.1, 0.15) is 16.7 Å². The lowest BCUT2D eigenvalue weighted by Crippen LogP contribution is -2.36. The summed E-state index contributed by atoms with van der Waals surface area (Å²) in [5, 5.41) is 6.21. The summed E-state index contributed by atoms with van der Waals surface area (Å²) in [7, 11) is 2.97. The molecule has 0 aliphatic heterocycles. The Morgan fingerprint density at radius 1 is 1.00 bits per heavy atom. The predicted octanol–water partition coefficient (Wildman–Crippen LogP) is 3.95. The Morgan fingerprint density at radius 3 is 2.17 bits per heavy atom. The number of methoxy groups -OCH3 is 1. The molecule has 9 heteroatoms. The van der Waals surface area contributed by atoms with Gasteiger partial charge in [0, 0.05) is 20.1 Å². The van der Waals surface area contributed by atoms with Crippen molar-refractivity contribution in [3.05, 3.63) is 58.9 Å². The number of benzene rings is 2. The lowest BCUT2D eigenvalue weighted by atomic mass is 10.1. The smallest absolute Gasteiger partial charge is 0.422 e. The van der Waals surface area contributed by atoms with Crippen LogP contribution in [-0.2, 0) is 13.1 Å². The first-order chi connectivity index (χ1) is 13.7. The molecule has 0 amide bonds. The van der Waals surface area contributed by atoms with Crippen LogP contribution in [0.15, 0.2) is 41.4 Å². The Morgan fingerprint density at radius 2 is 1.62 bits per heavy atom. The van der Waals surface area contributed by atoms with Gasteiger partial charge >= 0.3 is 6.18 Å². The second kappa shape index (κ2) is 9.99. The van der Waals surface area contributed by atoms with Crippen molar-refractivity contribution in [2.75, 3.05) is 20.8 Å². The van der Waals surface area contributed by atoms with Crippen molar-refractivity contribution in [2.45, 2.75) is 26.2 Å². The highest BCUT2D eigenvalue weighted by Gasteiger charge is 2.29. The lowest BCUT2D eigenvalue weighted by Gasteiger charge is -2.15. The first-order valence-corrected chi connectivity index (χ1v) is 8.78. The molecule has 0 radical (unpaired) electrons. The van der Waals surface area contributed by atoms with E-state index in [9.17, 15) is 17.6 Å². The minimum atomic E-state index is -4.42. The largest absolute Gasteiger partial charge is 0.493 e. The van der Waals surface area contributed by atoms with Crippen LogP contribution in [0.5, 0.6) is 11.5 Å². The van der Waals surface area contributed by atoms with Crippen molar-refractivity contribution in [2.24, 2.45) is 4.99 Å². The number of nitrogens with zero attached hydrogens (tertiary/aromatic N) is 1. The summed E-state index contributed by atoms with van der Waals surface area (Å²) >= 11 is 0. The zero-order valence-electron chi connectivity index (χ0n) is 16.4. The molecule has 0 aliphatic rings. The molecule has 0 unspecified atom stereocenters. The molecule has 2 aromatic rings. The minimum Gasteiger partial charge on any atom is -0.493 e. The number of ether oxygens (including phenoxy) is 2. The fourth-order valence-corrected chi connectivity index (χ4v) is 2.51. The van der Waals surface area contributed by atoms with Crippen LogP contribution < -0.4 is 20.1 Å². The molecular weight excluding hydrogens is 390 g/mol. The van der Waals surface area contributed by atoms with Crippen LogP contribution in [0.3, 0.4) is 0 Å². The van der Waals surface area contributed by atoms with Gasteiger partial charge in [0.15, 0.2) is 24.1 Å². The Balaban J connectivity index is 1.93. The van der Waals surface area contributed by atoms with E-state index in [1.165, 1.54) is 19.2 Å². The van der Waals surface area contributed by atoms with E-state index in [1.54, 1.807) is 38.2 Å². The van der Waals surface area contributed by atoms with Gasteiger partial charge in [-0.05, 0) is 41.8 Å². The number of rotatable bonds is 7. The highest BCUT2D eigenvalue weighted by Crippen LogP contribution is 2.29. The third-order valence-corrected chi connectivity index (χ3v) is 3.99. The average Bonchev–Trinajstić information content (AvgIpc) is 2.68. The molecule has 2 rings (SSSR count). The van der Waals surface area contributed by atoms with Crippen LogP contribution in [-0.4, -0.2) is 32.9 Å². The number of halogens is 4. The fourth-order valence-electron chi connectivity index (χ4n) is 2.51. The van der Waals surface area contributed by atoms with Crippen LogP contribution in [0.2, 0.25) is 0 Å². The van der Waals surface area contributed by atoms with E-state index in [0.29, 0.717) is 24.6 Å². The maximum atomic E-state index is 13.3. The SMILES string of the molecule is CN=C(NCc1ccc(F)c(C)c1)NCc1ccc(OCC(F)(F)F)c(OC)c1. The average molecular weight is 413 g/mol. The van der Waals surface area contributed by atoms with Gasteiger partial charge < -0.3 is 20.1 Å². The molecule has 0 aromatic heterocycles. The van der Waals surface area contributed by atoms with Crippen molar-refractivity contribution in [3.63, 3.8) is 0 Å². The van der Waals surface area contributed by atoms with E-state index in [0.717, 1.165) is 11.1 Å². The number of hydrogen-bond donors (Lipinski definition) is 2. The number of aliphatic imine (C=N–C) groups is 1. The highest BCUT2D eigenvalue weighted by atomic mass is 19.4. The van der Waals surface area contributed by atoms with Gasteiger partial charge in [-0.2, -0.15) is 13.2 Å². The van der Waals surface area contributed by atoms with Gasteiger partial charge in [-0.3, -0.25) is 4.99 Å². The van der Waals surface area contributed by atoms with Crippen molar-refractivity contribution in [3.8, 4) is 11.5 Å². The highest BCUT2D eigenvalue weighted by molar-refractivity contribution is 5.79. The molecule has 0 aliphatic carbocycles. The van der Waals surface area contributed by atoms with Crippen molar-refractivity contribution in [1.29, 1.82) is 0 Å². The van der Waals surface area contributed by atoms with Gasteiger partial charge in [0.2, 0.25) is 0 Å². The van der Waals surface area contributed by atoms with E-state index in [-0.39, 0.29) is 17.3 Å². The summed E-state index contributed by atoms with van der Waals surface area (Å²) in [6.07, 6.45) is -4.42. The van der Waals surface area contributed by atoms with E-state index < -0.39 is 12.8 Å². The fraction of sp³-hybridized carbons (Fsp3) is 0.350. The number of guanidine groups is 1. The number of aryl methyl sites for hydroxylation is 1. The van der Waals surface area contributed by atoms with E-state index in [1.807, 2.05) is 0 Å². The first kappa shape index (κ1) is 22.3. The second-order valence-corrected chi connectivity index (χ2v) is 6.25. The topological polar surface area (TPSA) is 54.9 Å². The lowest BCUT2D eigenvalue weighted by molar-refractivity contribution is -0.153. The summed E-state index contributed by atoms with van der Waals surface area (Å²) in [6, 6.07) is 9.51. The molecule has 5 nitrogen and oxygen atoms in total. The maximum absolute atomic E-state index is 13.3. The van der Waals surface area contributed by atoms with Crippen molar-refractivity contribution < 1.29 is 27.0 Å². The van der Waals surface area contributed by atoms with Gasteiger partial charge in [-0.1, -0.05) is 18.2 Å². The molecule has 0 fully saturated rings. The Bertz CT molecular complexity index is 854. The van der Waals surface area contributed by atoms with Crippen molar-refractivity contribution >= 4 is 5.96 Å². The molecule has 0 saturated heterocycles. The van der Waals surface area contributed by atoms with Crippen LogP contribution in [0.25, 0.3) is 0 Å². The normalized spacial score (nSPS) is 11.9. The quantitative estimate of drug-likeness (QED) is 0.410. The van der Waals surface area contributed by atoms with Crippen LogP contribution in [0.4, 0.5) is 17.6 Å². The summed E-state index contributed by atoms with van der Waals surface area (Å²) < 4.78 is 60.2. The maximum Gasteiger partial charge on any atom is 0.422 e. The number of hydrogen-bond acceptors (Lipinski definition) is 3. The monoisotopic (exact) mass is 413 g/mol. The standard InChI is InChI=1S/C20H23F4N3O2/c1-13-8-14(4-6-16(13)21)10-26-19(25-2)27-11-15-5-7-17(18(9-15)28-3)29-12-20(22,23)24/h4-9H,10-12H2,1-3H3,(H2,25,26,27). The molecule has 29 heavy (non-hydrogen) atoms. The van der Waals surface area contributed by atoms with Crippen LogP contribution >= 0.6 is 0 Å². The van der Waals surface area contributed by atoms with Crippen molar-refractivity contribution in [1.82, 2.24) is 10.6 Å². The Labute approximate surface area is 166 Å². The van der Waals surface area contributed by atoms with Gasteiger partial charge in [0.1, 0.15) is 5.82 Å². The van der Waals surface area contributed by atoms with Gasteiger partial charge in [-0.15, -0.1) is 0 Å². The summed E-state index contributed by atoms with van der Waals surface area (Å²) in [5.74, 6) is 0.484. The molecule has 0 bridgehead atoms. The molecular formula is C20H23F4N3O2. The minimum absolute atomic E-state index is 0.0164. The third-order valence-electron chi connectivity index (χ3n) is 3.99. The zero-order chi connectivity index (χ0) is 21.4. The molecule has 2 N–H and O–H groups in total. The van der Waals surface area contributed by atoms with Gasteiger partial charge in [0.05, 0.1) is 7.11 Å².